The minimum absolute atomic E-state index is 0.892. The first-order valence-electron chi connectivity index (χ1n) is 2.66. The van der Waals surface area contributed by atoms with Gasteiger partial charge in [0, 0.05) is 12.0 Å². The monoisotopic (exact) mass is 125 g/mol. The van der Waals surface area contributed by atoms with Gasteiger partial charge in [-0.15, -0.1) is 0 Å². The van der Waals surface area contributed by atoms with E-state index in [1.807, 2.05) is 13.8 Å². The Hall–Kier alpha value is -1.19. The zero-order chi connectivity index (χ0) is 6.85. The summed E-state index contributed by atoms with van der Waals surface area (Å²) in [5.41, 5.74) is 4.38. The van der Waals surface area contributed by atoms with Gasteiger partial charge in [-0.2, -0.15) is 0 Å². The van der Waals surface area contributed by atoms with Gasteiger partial charge < -0.3 is 0 Å². The molecule has 0 fully saturated rings. The molecule has 0 radical (unpaired) electrons. The summed E-state index contributed by atoms with van der Waals surface area (Å²) in [6.45, 7) is 7.28. The van der Waals surface area contributed by atoms with Gasteiger partial charge in [0.2, 0.25) is 0 Å². The molecular formula is C5H9N4+. The minimum atomic E-state index is 0.892. The molecule has 48 valence electrons. The number of hydrazone groups is 3. The molecule has 0 aliphatic carbocycles. The third-order valence-corrected chi connectivity index (χ3v) is 1.13. The molecule has 0 atom stereocenters. The van der Waals surface area contributed by atoms with Gasteiger partial charge in [0.15, 0.2) is 5.71 Å². The van der Waals surface area contributed by atoms with Gasteiger partial charge in [-0.3, -0.25) is 0 Å². The van der Waals surface area contributed by atoms with E-state index in [9.17, 15) is 0 Å². The van der Waals surface area contributed by atoms with E-state index in [0.29, 0.717) is 0 Å². The van der Waals surface area contributed by atoms with Crippen molar-refractivity contribution >= 4 is 18.1 Å². The first-order valence-corrected chi connectivity index (χ1v) is 2.66. The highest BCUT2D eigenvalue weighted by atomic mass is 15.7. The van der Waals surface area contributed by atoms with E-state index in [1.54, 1.807) is 0 Å². The zero-order valence-electron chi connectivity index (χ0n) is 5.55. The lowest BCUT2D eigenvalue weighted by molar-refractivity contribution is -0.587. The summed E-state index contributed by atoms with van der Waals surface area (Å²) < 4.78 is 0. The van der Waals surface area contributed by atoms with Crippen LogP contribution in [0.2, 0.25) is 0 Å². The maximum absolute atomic E-state index is 3.96. The van der Waals surface area contributed by atoms with Crippen molar-refractivity contribution in [1.82, 2.24) is 5.53 Å². The Labute approximate surface area is 53.5 Å². The number of rotatable bonds is 0. The van der Waals surface area contributed by atoms with Gasteiger partial charge in [0.05, 0.1) is 0 Å². The van der Waals surface area contributed by atoms with Crippen LogP contribution in [-0.2, 0) is 0 Å². The maximum atomic E-state index is 3.96. The molecule has 1 aliphatic rings. The van der Waals surface area contributed by atoms with Crippen molar-refractivity contribution in [3.8, 4) is 0 Å². The highest BCUT2D eigenvalue weighted by Gasteiger charge is 2.10. The molecular weight excluding hydrogens is 116 g/mol. The standard InChI is InChI=1S/C5H9N4/c1-4-5(2)7-9(3)8-6-4/h8H,3H2,1-2H3/q+1. The predicted molar refractivity (Wildman–Crippen MR) is 36.7 cm³/mol. The van der Waals surface area contributed by atoms with Gasteiger partial charge in [-0.1, -0.05) is 5.10 Å². The van der Waals surface area contributed by atoms with Crippen molar-refractivity contribution in [1.29, 1.82) is 0 Å². The molecule has 9 heavy (non-hydrogen) atoms. The fourth-order valence-electron chi connectivity index (χ4n) is 0.489. The topological polar surface area (TPSA) is 39.8 Å². The summed E-state index contributed by atoms with van der Waals surface area (Å²) in [6.07, 6.45) is 0. The van der Waals surface area contributed by atoms with Crippen LogP contribution in [0.1, 0.15) is 13.8 Å². The molecule has 0 amide bonds. The second kappa shape index (κ2) is 1.97. The van der Waals surface area contributed by atoms with Crippen LogP contribution >= 0.6 is 0 Å². The lowest BCUT2D eigenvalue weighted by Crippen LogP contribution is -2.27. The quantitative estimate of drug-likeness (QED) is 0.454. The molecule has 0 unspecified atom stereocenters. The summed E-state index contributed by atoms with van der Waals surface area (Å²) in [7, 11) is 0. The molecule has 0 saturated heterocycles. The molecule has 4 heteroatoms. The van der Waals surface area contributed by atoms with Crippen molar-refractivity contribution in [3.63, 3.8) is 0 Å². The summed E-state index contributed by atoms with van der Waals surface area (Å²) in [5.74, 6) is 0. The lowest BCUT2D eigenvalue weighted by atomic mass is 10.3. The molecule has 0 bridgehead atoms. The Morgan fingerprint density at radius 3 is 2.56 bits per heavy atom. The summed E-state index contributed by atoms with van der Waals surface area (Å²) in [6, 6.07) is 0. The van der Waals surface area contributed by atoms with E-state index in [-0.39, 0.29) is 0 Å². The second-order valence-corrected chi connectivity index (χ2v) is 1.88. The molecule has 4 nitrogen and oxygen atoms in total. The van der Waals surface area contributed by atoms with Gasteiger partial charge in [0.1, 0.15) is 12.4 Å². The van der Waals surface area contributed by atoms with Crippen LogP contribution in [0.25, 0.3) is 0 Å². The number of hydrogen-bond acceptors (Lipinski definition) is 3. The van der Waals surface area contributed by atoms with E-state index >= 15 is 0 Å². The van der Waals surface area contributed by atoms with Gasteiger partial charge in [-0.25, -0.2) is 0 Å². The Morgan fingerprint density at radius 1 is 1.44 bits per heavy atom. The van der Waals surface area contributed by atoms with E-state index in [1.165, 1.54) is 4.79 Å². The van der Waals surface area contributed by atoms with Crippen molar-refractivity contribution in [2.75, 3.05) is 0 Å². The van der Waals surface area contributed by atoms with E-state index < -0.39 is 0 Å². The molecule has 0 saturated carbocycles. The molecule has 0 spiro atoms. The first-order chi connectivity index (χ1) is 4.20. The fraction of sp³-hybridized carbons (Fsp3) is 0.400. The largest absolute Gasteiger partial charge is 0.199 e. The number of hydrazine groups is 1. The third-order valence-electron chi connectivity index (χ3n) is 1.13. The predicted octanol–water partition coefficient (Wildman–Crippen LogP) is -0.0305. The Bertz CT molecular complexity index is 201. The SMILES string of the molecule is C=[N+]1N=C(C)C(C)=NN1. The molecule has 0 aromatic rings. The fourth-order valence-corrected chi connectivity index (χ4v) is 0.489. The van der Waals surface area contributed by atoms with Gasteiger partial charge in [-0.05, 0) is 17.3 Å². The number of nitrogens with one attached hydrogen (secondary N) is 1. The number of hydrogen-bond donors (Lipinski definition) is 1. The molecule has 1 aliphatic heterocycles. The normalized spacial score (nSPS) is 18.2. The van der Waals surface area contributed by atoms with Crippen LogP contribution in [0, 0.1) is 0 Å². The maximum Gasteiger partial charge on any atom is 0.199 e. The highest BCUT2D eigenvalue weighted by molar-refractivity contribution is 6.40. The second-order valence-electron chi connectivity index (χ2n) is 1.88. The molecule has 1 heterocycles. The summed E-state index contributed by atoms with van der Waals surface area (Å²) in [4.78, 5) is 1.32. The molecule has 0 aromatic heterocycles. The molecule has 1 N–H and O–H groups in total. The van der Waals surface area contributed by atoms with Gasteiger partial charge >= 0.3 is 0 Å². The molecule has 0 aromatic carbocycles. The van der Waals surface area contributed by atoms with Crippen LogP contribution in [0.3, 0.4) is 0 Å². The van der Waals surface area contributed by atoms with Crippen LogP contribution < -0.4 is 5.53 Å². The third kappa shape index (κ3) is 1.13. The average Bonchev–Trinajstić information content (AvgIpc) is 1.80. The van der Waals surface area contributed by atoms with Crippen LogP contribution in [0.5, 0.6) is 0 Å². The summed E-state index contributed by atoms with van der Waals surface area (Å²) in [5, 5.41) is 7.85. The van der Waals surface area contributed by atoms with Crippen LogP contribution in [-0.4, -0.2) is 22.9 Å². The lowest BCUT2D eigenvalue weighted by Gasteiger charge is -1.99. The Balaban J connectivity index is 2.87. The van der Waals surface area contributed by atoms with Crippen LogP contribution in [0.4, 0.5) is 0 Å². The van der Waals surface area contributed by atoms with Crippen molar-refractivity contribution in [3.05, 3.63) is 0 Å². The Kier molecular flexibility index (Phi) is 1.30. The van der Waals surface area contributed by atoms with E-state index in [4.69, 9.17) is 0 Å². The smallest absolute Gasteiger partial charge is 0.0599 e. The van der Waals surface area contributed by atoms with E-state index in [2.05, 4.69) is 22.5 Å². The molecule has 1 rings (SSSR count). The van der Waals surface area contributed by atoms with Crippen molar-refractivity contribution in [2.24, 2.45) is 10.2 Å². The zero-order valence-corrected chi connectivity index (χ0v) is 5.55. The first kappa shape index (κ1) is 5.94. The average molecular weight is 125 g/mol. The number of nitrogens with zero attached hydrogens (tertiary/aromatic N) is 3. The van der Waals surface area contributed by atoms with Gasteiger partial charge in [0.25, 0.3) is 0 Å². The van der Waals surface area contributed by atoms with E-state index in [0.717, 1.165) is 11.4 Å². The van der Waals surface area contributed by atoms with Crippen molar-refractivity contribution < 1.29 is 4.79 Å². The highest BCUT2D eigenvalue weighted by Crippen LogP contribution is 1.87. The Morgan fingerprint density at radius 2 is 2.11 bits per heavy atom. The summed E-state index contributed by atoms with van der Waals surface area (Å²) >= 11 is 0. The minimum Gasteiger partial charge on any atom is -0.0599 e. The van der Waals surface area contributed by atoms with Crippen LogP contribution in [0.15, 0.2) is 10.2 Å². The van der Waals surface area contributed by atoms with Crippen molar-refractivity contribution in [2.45, 2.75) is 13.8 Å².